The normalized spacial score (nSPS) is 19.0. The van der Waals surface area contributed by atoms with Gasteiger partial charge in [0, 0.05) is 45.1 Å². The molecule has 0 aliphatic carbocycles. The Morgan fingerprint density at radius 1 is 1.16 bits per heavy atom. The van der Waals surface area contributed by atoms with Gasteiger partial charge < -0.3 is 25.8 Å². The number of halogens is 2. The molecule has 2 aromatic rings. The average molecular weight is 483 g/mol. The van der Waals surface area contributed by atoms with Gasteiger partial charge in [0.05, 0.1) is 11.7 Å². The molecule has 2 aliphatic heterocycles. The van der Waals surface area contributed by atoms with Crippen molar-refractivity contribution in [2.24, 2.45) is 5.92 Å². The Bertz CT molecular complexity index is 847. The van der Waals surface area contributed by atoms with Crippen molar-refractivity contribution in [3.63, 3.8) is 0 Å². The second-order valence-electron chi connectivity index (χ2n) is 8.11. The van der Waals surface area contributed by atoms with Crippen LogP contribution in [-0.4, -0.2) is 54.4 Å². The number of fused-ring (bicyclic) bond motifs is 1. The van der Waals surface area contributed by atoms with Crippen LogP contribution in [0.25, 0.3) is 0 Å². The fraction of sp³-hybridized carbons (Fsp3) is 0.478. The van der Waals surface area contributed by atoms with Gasteiger partial charge in [0.2, 0.25) is 0 Å². The van der Waals surface area contributed by atoms with Gasteiger partial charge in [-0.05, 0) is 48.4 Å². The molecule has 7 nitrogen and oxygen atoms in total. The number of carbonyl (C=O) groups excluding carboxylic acids is 1. The number of amides is 1. The number of aliphatic hydroxyl groups is 1. The monoisotopic (exact) mass is 482 g/mol. The van der Waals surface area contributed by atoms with Gasteiger partial charge in [-0.1, -0.05) is 24.3 Å². The molecule has 1 amide bonds. The quantitative estimate of drug-likeness (QED) is 0.484. The molecule has 3 heterocycles. The van der Waals surface area contributed by atoms with E-state index in [1.54, 1.807) is 12.3 Å². The smallest absolute Gasteiger partial charge is 0.252 e. The predicted molar refractivity (Wildman–Crippen MR) is 130 cm³/mol. The zero-order valence-corrected chi connectivity index (χ0v) is 19.6. The summed E-state index contributed by atoms with van der Waals surface area (Å²) in [6.07, 6.45) is 3.80. The first-order chi connectivity index (χ1) is 14.7. The summed E-state index contributed by atoms with van der Waals surface area (Å²) in [4.78, 5) is 16.8. The van der Waals surface area contributed by atoms with Crippen LogP contribution in [0.5, 0.6) is 0 Å². The van der Waals surface area contributed by atoms with Gasteiger partial charge in [-0.2, -0.15) is 0 Å². The molecule has 9 heteroatoms. The van der Waals surface area contributed by atoms with Crippen LogP contribution < -0.4 is 16.0 Å². The second kappa shape index (κ2) is 13.0. The number of benzene rings is 1. The van der Waals surface area contributed by atoms with Crippen LogP contribution in [0, 0.1) is 5.92 Å². The molecule has 2 atom stereocenters. The lowest BCUT2D eigenvalue weighted by Crippen LogP contribution is -2.49. The molecule has 2 aliphatic rings. The lowest BCUT2D eigenvalue weighted by Gasteiger charge is -2.30. The number of aliphatic hydroxyl groups excluding tert-OH is 1. The van der Waals surface area contributed by atoms with Crippen LogP contribution >= 0.6 is 24.8 Å². The van der Waals surface area contributed by atoms with E-state index in [0.717, 1.165) is 51.4 Å². The fourth-order valence-electron chi connectivity index (χ4n) is 4.03. The topological polar surface area (TPSA) is 95.5 Å². The molecule has 1 aromatic heterocycles. The minimum Gasteiger partial charge on any atom is -0.390 e. The maximum Gasteiger partial charge on any atom is 0.252 e. The largest absolute Gasteiger partial charge is 0.390 e. The predicted octanol–water partition coefficient (Wildman–Crippen LogP) is 2.57. The molecule has 0 spiro atoms. The lowest BCUT2D eigenvalue weighted by atomic mass is 9.93. The summed E-state index contributed by atoms with van der Waals surface area (Å²) in [6, 6.07) is 11.7. The number of anilines is 1. The minimum absolute atomic E-state index is 0. The molecule has 32 heavy (non-hydrogen) atoms. The van der Waals surface area contributed by atoms with E-state index in [1.165, 1.54) is 11.1 Å². The van der Waals surface area contributed by atoms with Crippen molar-refractivity contribution >= 4 is 36.5 Å². The Kier molecular flexibility index (Phi) is 10.7. The summed E-state index contributed by atoms with van der Waals surface area (Å²) < 4.78 is 5.38. The first-order valence-corrected chi connectivity index (χ1v) is 10.7. The summed E-state index contributed by atoms with van der Waals surface area (Å²) in [5.74, 6) is 1.14. The van der Waals surface area contributed by atoms with Crippen LogP contribution in [0.15, 0.2) is 42.6 Å². The van der Waals surface area contributed by atoms with Crippen molar-refractivity contribution in [3.05, 3.63) is 59.3 Å². The molecule has 0 radical (unpaired) electrons. The maximum absolute atomic E-state index is 12.4. The van der Waals surface area contributed by atoms with Crippen LogP contribution in [0.3, 0.4) is 0 Å². The first-order valence-electron chi connectivity index (χ1n) is 10.7. The third kappa shape index (κ3) is 7.05. The van der Waals surface area contributed by atoms with Crippen molar-refractivity contribution in [2.45, 2.75) is 38.0 Å². The molecule has 4 rings (SSSR count). The number of aromatic nitrogens is 1. The highest BCUT2D eigenvalue weighted by atomic mass is 35.5. The molecule has 176 valence electrons. The molecule has 4 N–H and O–H groups in total. The maximum atomic E-state index is 12.4. The highest BCUT2D eigenvalue weighted by Gasteiger charge is 2.24. The summed E-state index contributed by atoms with van der Waals surface area (Å²) in [5, 5.41) is 20.0. The highest BCUT2D eigenvalue weighted by Crippen LogP contribution is 2.18. The van der Waals surface area contributed by atoms with Gasteiger partial charge in [-0.25, -0.2) is 4.98 Å². The molecular weight excluding hydrogens is 451 g/mol. The molecule has 1 saturated heterocycles. The van der Waals surface area contributed by atoms with Gasteiger partial charge in [-0.15, -0.1) is 24.8 Å². The van der Waals surface area contributed by atoms with Crippen LogP contribution in [0.1, 0.15) is 34.3 Å². The third-order valence-corrected chi connectivity index (χ3v) is 5.99. The van der Waals surface area contributed by atoms with Crippen LogP contribution in [0.2, 0.25) is 0 Å². The number of ether oxygens (including phenoxy) is 1. The van der Waals surface area contributed by atoms with E-state index >= 15 is 0 Å². The Labute approximate surface area is 201 Å². The van der Waals surface area contributed by atoms with E-state index in [0.29, 0.717) is 11.5 Å². The number of hydrogen-bond acceptors (Lipinski definition) is 6. The van der Waals surface area contributed by atoms with Crippen molar-refractivity contribution in [1.29, 1.82) is 0 Å². The standard InChI is InChI=1S/C23H30N4O3.2ClH/c28-21(20-11-17-3-1-2-4-18(17)13-24-20)15-27-23(29)19-5-6-22(26-14-19)25-12-16-7-9-30-10-8-16;;/h1-6,14,16,20-21,24,28H,7-13,15H2,(H,25,26)(H,27,29);2*1H. The number of nitrogens with one attached hydrogen (secondary N) is 3. The molecule has 0 saturated carbocycles. The van der Waals surface area contributed by atoms with E-state index < -0.39 is 6.10 Å². The molecular formula is C23H32Cl2N4O3. The Morgan fingerprint density at radius 2 is 1.91 bits per heavy atom. The number of pyridine rings is 1. The van der Waals surface area contributed by atoms with Crippen molar-refractivity contribution < 1.29 is 14.6 Å². The lowest BCUT2D eigenvalue weighted by molar-refractivity contribution is 0.0699. The van der Waals surface area contributed by atoms with Crippen molar-refractivity contribution in [1.82, 2.24) is 15.6 Å². The molecule has 1 aromatic carbocycles. The van der Waals surface area contributed by atoms with E-state index in [9.17, 15) is 9.90 Å². The minimum atomic E-state index is -0.657. The van der Waals surface area contributed by atoms with Crippen molar-refractivity contribution in [3.8, 4) is 0 Å². The summed E-state index contributed by atoms with van der Waals surface area (Å²) in [6.45, 7) is 3.45. The SMILES string of the molecule is Cl.Cl.O=C(NCC(O)C1Cc2ccccc2CN1)c1ccc(NCC2CCOCC2)nc1. The van der Waals surface area contributed by atoms with E-state index in [1.807, 2.05) is 18.2 Å². The fourth-order valence-corrected chi connectivity index (χ4v) is 4.03. The Hall–Kier alpha value is -1.90. The number of rotatable bonds is 7. The van der Waals surface area contributed by atoms with Gasteiger partial charge in [0.25, 0.3) is 5.91 Å². The van der Waals surface area contributed by atoms with Crippen molar-refractivity contribution in [2.75, 3.05) is 31.6 Å². The van der Waals surface area contributed by atoms with Crippen LogP contribution in [0.4, 0.5) is 5.82 Å². The van der Waals surface area contributed by atoms with Gasteiger partial charge in [0.1, 0.15) is 5.82 Å². The number of nitrogens with zero attached hydrogens (tertiary/aromatic N) is 1. The zero-order chi connectivity index (χ0) is 20.8. The van der Waals surface area contributed by atoms with Gasteiger partial charge in [0.15, 0.2) is 0 Å². The zero-order valence-electron chi connectivity index (χ0n) is 18.0. The molecule has 2 unspecified atom stereocenters. The van der Waals surface area contributed by atoms with Gasteiger partial charge in [-0.3, -0.25) is 4.79 Å². The van der Waals surface area contributed by atoms with Crippen LogP contribution in [-0.2, 0) is 17.7 Å². The van der Waals surface area contributed by atoms with E-state index in [4.69, 9.17) is 4.74 Å². The average Bonchev–Trinajstić information content (AvgIpc) is 2.81. The molecule has 1 fully saturated rings. The Morgan fingerprint density at radius 3 is 2.62 bits per heavy atom. The third-order valence-electron chi connectivity index (χ3n) is 5.99. The summed E-state index contributed by atoms with van der Waals surface area (Å²) in [7, 11) is 0. The van der Waals surface area contributed by atoms with E-state index in [-0.39, 0.29) is 43.3 Å². The second-order valence-corrected chi connectivity index (χ2v) is 8.11. The molecule has 0 bridgehead atoms. The first kappa shape index (κ1) is 26.4. The van der Waals surface area contributed by atoms with E-state index in [2.05, 4.69) is 33.1 Å². The number of hydrogen-bond donors (Lipinski definition) is 4. The highest BCUT2D eigenvalue weighted by molar-refractivity contribution is 5.94. The van der Waals surface area contributed by atoms with Gasteiger partial charge >= 0.3 is 0 Å². The summed E-state index contributed by atoms with van der Waals surface area (Å²) in [5.41, 5.74) is 3.00. The summed E-state index contributed by atoms with van der Waals surface area (Å²) >= 11 is 0. The Balaban J connectivity index is 0.00000181. The number of carbonyl (C=O) groups is 1.